The van der Waals surface area contributed by atoms with Crippen LogP contribution in [0.5, 0.6) is 0 Å². The van der Waals surface area contributed by atoms with Crippen molar-refractivity contribution < 1.29 is 4.79 Å². The average molecular weight is 238 g/mol. The molecule has 0 atom stereocenters. The summed E-state index contributed by atoms with van der Waals surface area (Å²) in [6.07, 6.45) is 4.84. The van der Waals surface area contributed by atoms with E-state index in [2.05, 4.69) is 27.1 Å². The lowest BCUT2D eigenvalue weighted by Crippen LogP contribution is -2.37. The van der Waals surface area contributed by atoms with Crippen molar-refractivity contribution in [3.05, 3.63) is 18.2 Å². The number of amides is 1. The van der Waals surface area contributed by atoms with Gasteiger partial charge in [-0.2, -0.15) is 0 Å². The molecule has 0 aromatic carbocycles. The van der Waals surface area contributed by atoms with Gasteiger partial charge < -0.3 is 15.2 Å². The van der Waals surface area contributed by atoms with Crippen LogP contribution < -0.4 is 10.6 Å². The van der Waals surface area contributed by atoms with Crippen LogP contribution in [0.2, 0.25) is 0 Å². The van der Waals surface area contributed by atoms with Crippen molar-refractivity contribution in [1.82, 2.24) is 20.2 Å². The number of imidazole rings is 1. The van der Waals surface area contributed by atoms with Gasteiger partial charge in [-0.15, -0.1) is 0 Å². The smallest absolute Gasteiger partial charge is 0.234 e. The van der Waals surface area contributed by atoms with Gasteiger partial charge in [0.25, 0.3) is 0 Å². The zero-order valence-corrected chi connectivity index (χ0v) is 10.9. The Morgan fingerprint density at radius 2 is 2.29 bits per heavy atom. The fraction of sp³-hybridized carbons (Fsp3) is 0.667. The predicted octanol–water partition coefficient (Wildman–Crippen LogP) is 0.907. The third-order valence-corrected chi connectivity index (χ3v) is 2.28. The molecular formula is C12H22N4O. The molecule has 1 aromatic rings. The first-order valence-corrected chi connectivity index (χ1v) is 6.13. The molecule has 2 N–H and O–H groups in total. The number of nitrogens with one attached hydrogen (secondary N) is 2. The lowest BCUT2D eigenvalue weighted by Gasteiger charge is -2.10. The fourth-order valence-corrected chi connectivity index (χ4v) is 1.61. The molecule has 0 aliphatic carbocycles. The Hall–Kier alpha value is -1.36. The van der Waals surface area contributed by atoms with Gasteiger partial charge in [-0.05, 0) is 20.3 Å². The Bertz CT molecular complexity index is 346. The van der Waals surface area contributed by atoms with Gasteiger partial charge in [0.1, 0.15) is 5.82 Å². The second-order valence-corrected chi connectivity index (χ2v) is 4.36. The van der Waals surface area contributed by atoms with E-state index in [1.54, 1.807) is 6.20 Å². The summed E-state index contributed by atoms with van der Waals surface area (Å²) in [5.41, 5.74) is 0. The van der Waals surface area contributed by atoms with E-state index in [0.29, 0.717) is 13.1 Å². The van der Waals surface area contributed by atoms with Crippen LogP contribution >= 0.6 is 0 Å². The SMILES string of the molecule is CCCn1ccnc1CNCC(=O)NC(C)C. The molecule has 0 radical (unpaired) electrons. The lowest BCUT2D eigenvalue weighted by atomic mass is 10.4. The highest BCUT2D eigenvalue weighted by molar-refractivity contribution is 5.78. The first kappa shape index (κ1) is 13.7. The minimum Gasteiger partial charge on any atom is -0.353 e. The summed E-state index contributed by atoms with van der Waals surface area (Å²) < 4.78 is 2.10. The van der Waals surface area contributed by atoms with E-state index in [0.717, 1.165) is 18.8 Å². The van der Waals surface area contributed by atoms with Crippen molar-refractivity contribution in [3.63, 3.8) is 0 Å². The van der Waals surface area contributed by atoms with Crippen molar-refractivity contribution in [2.24, 2.45) is 0 Å². The third kappa shape index (κ3) is 4.99. The van der Waals surface area contributed by atoms with E-state index < -0.39 is 0 Å². The quantitative estimate of drug-likeness (QED) is 0.742. The van der Waals surface area contributed by atoms with E-state index in [9.17, 15) is 4.79 Å². The maximum Gasteiger partial charge on any atom is 0.234 e. The molecule has 0 saturated heterocycles. The van der Waals surface area contributed by atoms with Gasteiger partial charge in [-0.25, -0.2) is 4.98 Å². The summed E-state index contributed by atoms with van der Waals surface area (Å²) in [4.78, 5) is 15.7. The van der Waals surface area contributed by atoms with Crippen LogP contribution in [0.3, 0.4) is 0 Å². The molecule has 1 amide bonds. The minimum absolute atomic E-state index is 0.0218. The van der Waals surface area contributed by atoms with Crippen LogP contribution in [0.1, 0.15) is 33.0 Å². The number of aryl methyl sites for hydroxylation is 1. The highest BCUT2D eigenvalue weighted by Gasteiger charge is 2.04. The summed E-state index contributed by atoms with van der Waals surface area (Å²) in [6.45, 7) is 7.95. The van der Waals surface area contributed by atoms with Gasteiger partial charge in [0.15, 0.2) is 0 Å². The maximum atomic E-state index is 11.4. The molecule has 0 aliphatic rings. The normalized spacial score (nSPS) is 10.8. The van der Waals surface area contributed by atoms with Crippen LogP contribution in [0.25, 0.3) is 0 Å². The van der Waals surface area contributed by atoms with Crippen LogP contribution in [0, 0.1) is 0 Å². The molecule has 0 saturated carbocycles. The Balaban J connectivity index is 2.30. The number of carbonyl (C=O) groups excluding carboxylic acids is 1. The zero-order chi connectivity index (χ0) is 12.7. The van der Waals surface area contributed by atoms with Crippen LogP contribution in [0.4, 0.5) is 0 Å². The zero-order valence-electron chi connectivity index (χ0n) is 10.9. The second kappa shape index (κ2) is 7.06. The number of nitrogens with zero attached hydrogens (tertiary/aromatic N) is 2. The van der Waals surface area contributed by atoms with Gasteiger partial charge in [0.05, 0.1) is 13.1 Å². The van der Waals surface area contributed by atoms with Gasteiger partial charge in [-0.1, -0.05) is 6.92 Å². The van der Waals surface area contributed by atoms with Gasteiger partial charge >= 0.3 is 0 Å². The van der Waals surface area contributed by atoms with E-state index >= 15 is 0 Å². The van der Waals surface area contributed by atoms with Crippen molar-refractivity contribution in [3.8, 4) is 0 Å². The number of hydrogen-bond donors (Lipinski definition) is 2. The number of aromatic nitrogens is 2. The molecule has 5 heteroatoms. The molecule has 1 rings (SSSR count). The second-order valence-electron chi connectivity index (χ2n) is 4.36. The highest BCUT2D eigenvalue weighted by Crippen LogP contribution is 1.98. The summed E-state index contributed by atoms with van der Waals surface area (Å²) >= 11 is 0. The third-order valence-electron chi connectivity index (χ3n) is 2.28. The van der Waals surface area contributed by atoms with E-state index in [1.807, 2.05) is 20.0 Å². The molecule has 5 nitrogen and oxygen atoms in total. The van der Waals surface area contributed by atoms with Crippen LogP contribution in [-0.2, 0) is 17.9 Å². The molecule has 0 spiro atoms. The van der Waals surface area contributed by atoms with Crippen molar-refractivity contribution >= 4 is 5.91 Å². The average Bonchev–Trinajstić information content (AvgIpc) is 2.65. The van der Waals surface area contributed by atoms with Crippen molar-refractivity contribution in [1.29, 1.82) is 0 Å². The predicted molar refractivity (Wildman–Crippen MR) is 67.5 cm³/mol. The van der Waals surface area contributed by atoms with Crippen LogP contribution in [0.15, 0.2) is 12.4 Å². The molecule has 17 heavy (non-hydrogen) atoms. The largest absolute Gasteiger partial charge is 0.353 e. The number of hydrogen-bond acceptors (Lipinski definition) is 3. The highest BCUT2D eigenvalue weighted by atomic mass is 16.1. The fourth-order valence-electron chi connectivity index (χ4n) is 1.61. The first-order valence-electron chi connectivity index (χ1n) is 6.13. The molecule has 0 bridgehead atoms. The van der Waals surface area contributed by atoms with E-state index in [4.69, 9.17) is 0 Å². The van der Waals surface area contributed by atoms with Crippen molar-refractivity contribution in [2.75, 3.05) is 6.54 Å². The molecule has 96 valence electrons. The first-order chi connectivity index (χ1) is 8.13. The Morgan fingerprint density at radius 3 is 2.94 bits per heavy atom. The van der Waals surface area contributed by atoms with E-state index in [1.165, 1.54) is 0 Å². The number of carbonyl (C=O) groups is 1. The van der Waals surface area contributed by atoms with Gasteiger partial charge in [0.2, 0.25) is 5.91 Å². The summed E-state index contributed by atoms with van der Waals surface area (Å²) in [6, 6.07) is 0.186. The standard InChI is InChI=1S/C12H22N4O/c1-4-6-16-7-5-14-11(16)8-13-9-12(17)15-10(2)3/h5,7,10,13H,4,6,8-9H2,1-3H3,(H,15,17). The molecular weight excluding hydrogens is 216 g/mol. The molecule has 0 unspecified atom stereocenters. The Morgan fingerprint density at radius 1 is 1.53 bits per heavy atom. The molecule has 0 fully saturated rings. The van der Waals surface area contributed by atoms with Crippen molar-refractivity contribution in [2.45, 2.75) is 46.3 Å². The number of rotatable bonds is 7. The summed E-state index contributed by atoms with van der Waals surface area (Å²) in [5, 5.41) is 5.93. The molecule has 1 aromatic heterocycles. The van der Waals surface area contributed by atoms with Gasteiger partial charge in [-0.3, -0.25) is 4.79 Å². The molecule has 0 aliphatic heterocycles. The Labute approximate surface area is 103 Å². The summed E-state index contributed by atoms with van der Waals surface area (Å²) in [5.74, 6) is 0.998. The van der Waals surface area contributed by atoms with Gasteiger partial charge in [0, 0.05) is 25.0 Å². The molecule has 1 heterocycles. The topological polar surface area (TPSA) is 59.0 Å². The Kier molecular flexibility index (Phi) is 5.69. The lowest BCUT2D eigenvalue weighted by molar-refractivity contribution is -0.120. The minimum atomic E-state index is 0.0218. The summed E-state index contributed by atoms with van der Waals surface area (Å²) in [7, 11) is 0. The monoisotopic (exact) mass is 238 g/mol. The van der Waals surface area contributed by atoms with Crippen LogP contribution in [-0.4, -0.2) is 28.0 Å². The van der Waals surface area contributed by atoms with E-state index in [-0.39, 0.29) is 11.9 Å². The maximum absolute atomic E-state index is 11.4.